The van der Waals surface area contributed by atoms with Crippen LogP contribution in [0.3, 0.4) is 0 Å². The summed E-state index contributed by atoms with van der Waals surface area (Å²) in [5.41, 5.74) is 2.51. The molecule has 0 radical (unpaired) electrons. The van der Waals surface area contributed by atoms with Gasteiger partial charge in [-0.3, -0.25) is 4.79 Å². The molecule has 3 aromatic carbocycles. The Labute approximate surface area is 178 Å². The van der Waals surface area contributed by atoms with Gasteiger partial charge in [-0.15, -0.1) is 11.3 Å². The van der Waals surface area contributed by atoms with E-state index >= 15 is 0 Å². The highest BCUT2D eigenvalue weighted by molar-refractivity contribution is 7.13. The Bertz CT molecular complexity index is 1120. The molecule has 1 aromatic heterocycles. The van der Waals surface area contributed by atoms with Gasteiger partial charge in [-0.25, -0.2) is 4.98 Å². The Balaban J connectivity index is 1.35. The van der Waals surface area contributed by atoms with Crippen molar-refractivity contribution in [1.29, 1.82) is 0 Å². The van der Waals surface area contributed by atoms with Crippen LogP contribution >= 0.6 is 11.3 Å². The quantitative estimate of drug-likeness (QED) is 0.414. The first-order valence-corrected chi connectivity index (χ1v) is 10.3. The first-order chi connectivity index (χ1) is 14.7. The third kappa shape index (κ3) is 4.85. The zero-order valence-electron chi connectivity index (χ0n) is 16.4. The lowest BCUT2D eigenvalue weighted by Crippen LogP contribution is -2.14. The van der Waals surface area contributed by atoms with Crippen molar-refractivity contribution in [3.8, 4) is 27.8 Å². The first-order valence-electron chi connectivity index (χ1n) is 9.42. The van der Waals surface area contributed by atoms with Gasteiger partial charge in [0.25, 0.3) is 0 Å². The third-order valence-electron chi connectivity index (χ3n) is 4.35. The predicted molar refractivity (Wildman–Crippen MR) is 119 cm³/mol. The summed E-state index contributed by atoms with van der Waals surface area (Å²) in [4.78, 5) is 17.0. The zero-order chi connectivity index (χ0) is 20.8. The largest absolute Gasteiger partial charge is 0.493 e. The minimum atomic E-state index is -0.113. The second-order valence-corrected chi connectivity index (χ2v) is 7.37. The van der Waals surface area contributed by atoms with Crippen LogP contribution in [0.2, 0.25) is 0 Å². The van der Waals surface area contributed by atoms with Gasteiger partial charge in [0.1, 0.15) is 10.8 Å². The molecule has 30 heavy (non-hydrogen) atoms. The molecule has 0 aliphatic rings. The van der Waals surface area contributed by atoms with Crippen molar-refractivity contribution < 1.29 is 14.3 Å². The fraction of sp³-hybridized carbons (Fsp3) is 0.0833. The van der Waals surface area contributed by atoms with Gasteiger partial charge in [-0.2, -0.15) is 0 Å². The van der Waals surface area contributed by atoms with E-state index in [1.165, 1.54) is 11.3 Å². The average Bonchev–Trinajstić information content (AvgIpc) is 3.24. The van der Waals surface area contributed by atoms with Gasteiger partial charge >= 0.3 is 0 Å². The van der Waals surface area contributed by atoms with Crippen LogP contribution in [0.15, 0.2) is 84.2 Å². The maximum Gasteiger partial charge on any atom is 0.230 e. The molecule has 5 nitrogen and oxygen atoms in total. The number of anilines is 1. The number of carbonyl (C=O) groups is 1. The van der Waals surface area contributed by atoms with Crippen molar-refractivity contribution in [3.05, 3.63) is 89.9 Å². The summed E-state index contributed by atoms with van der Waals surface area (Å²) in [5.74, 6) is 1.84. The molecule has 0 aliphatic heterocycles. The monoisotopic (exact) mass is 416 g/mol. The van der Waals surface area contributed by atoms with Crippen LogP contribution in [0.4, 0.5) is 5.69 Å². The van der Waals surface area contributed by atoms with Crippen LogP contribution in [0.25, 0.3) is 10.6 Å². The second-order valence-electron chi connectivity index (χ2n) is 6.51. The molecular weight excluding hydrogens is 396 g/mol. The van der Waals surface area contributed by atoms with Crippen LogP contribution in [-0.4, -0.2) is 18.0 Å². The molecule has 4 aromatic rings. The van der Waals surface area contributed by atoms with Gasteiger partial charge in [0, 0.05) is 16.6 Å². The molecule has 6 heteroatoms. The number of thiazole rings is 1. The maximum atomic E-state index is 12.4. The van der Waals surface area contributed by atoms with Gasteiger partial charge in [0.2, 0.25) is 5.91 Å². The summed E-state index contributed by atoms with van der Waals surface area (Å²) in [5, 5.41) is 5.73. The normalized spacial score (nSPS) is 10.4. The number of aromatic nitrogens is 1. The number of para-hydroxylation sites is 2. The van der Waals surface area contributed by atoms with Gasteiger partial charge in [0.05, 0.1) is 19.2 Å². The molecule has 0 saturated carbocycles. The van der Waals surface area contributed by atoms with Crippen LogP contribution in [0.1, 0.15) is 5.69 Å². The summed E-state index contributed by atoms with van der Waals surface area (Å²) in [6, 6.07) is 24.6. The number of benzene rings is 3. The number of methoxy groups -OCH3 is 1. The molecule has 0 unspecified atom stereocenters. The third-order valence-corrected chi connectivity index (χ3v) is 5.29. The second kappa shape index (κ2) is 9.24. The van der Waals surface area contributed by atoms with Gasteiger partial charge < -0.3 is 14.8 Å². The Morgan fingerprint density at radius 2 is 1.63 bits per heavy atom. The number of amides is 1. The number of ether oxygens (including phenoxy) is 2. The Kier molecular flexibility index (Phi) is 6.06. The highest BCUT2D eigenvalue weighted by Crippen LogP contribution is 2.31. The van der Waals surface area contributed by atoms with Crippen molar-refractivity contribution in [2.24, 2.45) is 0 Å². The predicted octanol–water partition coefficient (Wildman–Crippen LogP) is 5.79. The van der Waals surface area contributed by atoms with E-state index in [1.54, 1.807) is 31.4 Å². The van der Waals surface area contributed by atoms with Gasteiger partial charge in [-0.05, 0) is 36.4 Å². The summed E-state index contributed by atoms with van der Waals surface area (Å²) >= 11 is 1.54. The SMILES string of the molecule is COc1ccccc1Oc1ccc(NC(=O)Cc2csc(-c3ccccc3)n2)cc1. The maximum absolute atomic E-state index is 12.4. The van der Waals surface area contributed by atoms with E-state index in [0.717, 1.165) is 16.3 Å². The minimum absolute atomic E-state index is 0.113. The van der Waals surface area contributed by atoms with Gasteiger partial charge in [0.15, 0.2) is 11.5 Å². The number of nitrogens with zero attached hydrogens (tertiary/aromatic N) is 1. The number of hydrogen-bond acceptors (Lipinski definition) is 5. The van der Waals surface area contributed by atoms with Gasteiger partial charge in [-0.1, -0.05) is 42.5 Å². The topological polar surface area (TPSA) is 60.5 Å². The number of rotatable bonds is 7. The van der Waals surface area contributed by atoms with Crippen molar-refractivity contribution in [2.75, 3.05) is 12.4 Å². The standard InChI is InChI=1S/C24H20N2O3S/c1-28-21-9-5-6-10-22(21)29-20-13-11-18(12-14-20)25-23(27)15-19-16-30-24(26-19)17-7-3-2-4-8-17/h2-14,16H,15H2,1H3,(H,25,27). The molecule has 4 rings (SSSR count). The molecule has 150 valence electrons. The fourth-order valence-corrected chi connectivity index (χ4v) is 3.73. The molecule has 1 N–H and O–H groups in total. The molecule has 0 bridgehead atoms. The molecule has 1 amide bonds. The summed E-state index contributed by atoms with van der Waals surface area (Å²) in [6.45, 7) is 0. The Hall–Kier alpha value is -3.64. The zero-order valence-corrected chi connectivity index (χ0v) is 17.2. The van der Waals surface area contributed by atoms with Crippen LogP contribution in [-0.2, 0) is 11.2 Å². The van der Waals surface area contributed by atoms with E-state index in [4.69, 9.17) is 9.47 Å². The Morgan fingerprint density at radius 3 is 2.37 bits per heavy atom. The van der Waals surface area contributed by atoms with E-state index in [0.29, 0.717) is 22.9 Å². The minimum Gasteiger partial charge on any atom is -0.493 e. The van der Waals surface area contributed by atoms with Crippen molar-refractivity contribution >= 4 is 22.9 Å². The molecule has 0 fully saturated rings. The lowest BCUT2D eigenvalue weighted by Gasteiger charge is -2.10. The smallest absolute Gasteiger partial charge is 0.230 e. The van der Waals surface area contributed by atoms with Crippen molar-refractivity contribution in [2.45, 2.75) is 6.42 Å². The lowest BCUT2D eigenvalue weighted by molar-refractivity contribution is -0.115. The Morgan fingerprint density at radius 1 is 0.933 bits per heavy atom. The molecular formula is C24H20N2O3S. The highest BCUT2D eigenvalue weighted by atomic mass is 32.1. The molecule has 0 atom stereocenters. The van der Waals surface area contributed by atoms with E-state index in [9.17, 15) is 4.79 Å². The lowest BCUT2D eigenvalue weighted by atomic mass is 10.2. The summed E-state index contributed by atoms with van der Waals surface area (Å²) in [7, 11) is 1.60. The molecule has 1 heterocycles. The fourth-order valence-electron chi connectivity index (χ4n) is 2.91. The molecule has 0 aliphatic carbocycles. The first kappa shape index (κ1) is 19.7. The van der Waals surface area contributed by atoms with E-state index in [2.05, 4.69) is 10.3 Å². The summed E-state index contributed by atoms with van der Waals surface area (Å²) in [6.07, 6.45) is 0.225. The van der Waals surface area contributed by atoms with Crippen LogP contribution < -0.4 is 14.8 Å². The van der Waals surface area contributed by atoms with Crippen molar-refractivity contribution in [3.63, 3.8) is 0 Å². The highest BCUT2D eigenvalue weighted by Gasteiger charge is 2.10. The number of hydrogen-bond donors (Lipinski definition) is 1. The van der Waals surface area contributed by atoms with Crippen LogP contribution in [0.5, 0.6) is 17.2 Å². The number of nitrogens with one attached hydrogen (secondary N) is 1. The average molecular weight is 417 g/mol. The van der Waals surface area contributed by atoms with Crippen molar-refractivity contribution in [1.82, 2.24) is 4.98 Å². The summed E-state index contributed by atoms with van der Waals surface area (Å²) < 4.78 is 11.1. The molecule has 0 saturated heterocycles. The molecule has 0 spiro atoms. The number of carbonyl (C=O) groups excluding carboxylic acids is 1. The van der Waals surface area contributed by atoms with Crippen LogP contribution in [0, 0.1) is 0 Å². The van der Waals surface area contributed by atoms with E-state index < -0.39 is 0 Å². The van der Waals surface area contributed by atoms with E-state index in [1.807, 2.05) is 60.0 Å². The van der Waals surface area contributed by atoms with E-state index in [-0.39, 0.29) is 12.3 Å².